The number of thiophene rings is 1. The molecule has 0 fully saturated rings. The largest absolute Gasteiger partial charge is 0.351 e. The predicted octanol–water partition coefficient (Wildman–Crippen LogP) is 1.35. The maximum Gasteiger partial charge on any atom is 0.252 e. The van der Waals surface area contributed by atoms with E-state index in [-0.39, 0.29) is 11.8 Å². The van der Waals surface area contributed by atoms with Gasteiger partial charge in [0.25, 0.3) is 5.91 Å². The molecular formula is C10H9N3OS. The van der Waals surface area contributed by atoms with Crippen molar-refractivity contribution in [3.05, 3.63) is 39.8 Å². The van der Waals surface area contributed by atoms with Gasteiger partial charge in [-0.2, -0.15) is 16.4 Å². The topological polar surface area (TPSA) is 57.8 Å². The molecule has 1 unspecified atom stereocenters. The number of rotatable bonds is 1. The molecule has 2 aromatic heterocycles. The first-order valence-corrected chi connectivity index (χ1v) is 5.64. The second kappa shape index (κ2) is 3.20. The third kappa shape index (κ3) is 1.27. The Morgan fingerprint density at radius 3 is 3.20 bits per heavy atom. The maximum atomic E-state index is 11.5. The van der Waals surface area contributed by atoms with Gasteiger partial charge in [-0.05, 0) is 17.0 Å². The second-order valence-corrected chi connectivity index (χ2v) is 4.26. The average molecular weight is 219 g/mol. The Balaban J connectivity index is 2.08. The molecule has 2 aromatic rings. The Hall–Kier alpha value is -1.62. The molecule has 1 aliphatic rings. The van der Waals surface area contributed by atoms with E-state index < -0.39 is 0 Å². The van der Waals surface area contributed by atoms with Gasteiger partial charge in [-0.25, -0.2) is 0 Å². The van der Waals surface area contributed by atoms with Gasteiger partial charge in [0, 0.05) is 29.7 Å². The quantitative estimate of drug-likeness (QED) is 0.760. The highest BCUT2D eigenvalue weighted by Gasteiger charge is 2.27. The van der Waals surface area contributed by atoms with Crippen molar-refractivity contribution in [3.8, 4) is 0 Å². The van der Waals surface area contributed by atoms with Gasteiger partial charge in [0.1, 0.15) is 0 Å². The fourth-order valence-corrected chi connectivity index (χ4v) is 2.78. The van der Waals surface area contributed by atoms with Gasteiger partial charge >= 0.3 is 0 Å². The number of carbonyl (C=O) groups is 1. The van der Waals surface area contributed by atoms with Gasteiger partial charge in [-0.3, -0.25) is 9.89 Å². The summed E-state index contributed by atoms with van der Waals surface area (Å²) in [5, 5.41) is 13.7. The molecule has 15 heavy (non-hydrogen) atoms. The summed E-state index contributed by atoms with van der Waals surface area (Å²) < 4.78 is 0. The van der Waals surface area contributed by atoms with Crippen LogP contribution >= 0.6 is 11.3 Å². The third-order valence-corrected chi connectivity index (χ3v) is 3.44. The molecule has 1 amide bonds. The lowest BCUT2D eigenvalue weighted by Crippen LogP contribution is -2.34. The zero-order chi connectivity index (χ0) is 10.3. The monoisotopic (exact) mass is 219 g/mol. The van der Waals surface area contributed by atoms with Crippen molar-refractivity contribution in [2.45, 2.75) is 5.92 Å². The molecule has 1 atom stereocenters. The van der Waals surface area contributed by atoms with Crippen LogP contribution in [0.25, 0.3) is 0 Å². The Bertz CT molecular complexity index is 489. The number of aromatic nitrogens is 2. The van der Waals surface area contributed by atoms with Crippen LogP contribution in [0.2, 0.25) is 0 Å². The standard InChI is InChI=1S/C10H9N3OS/c14-10-8-5-15-4-7(8)6(3-11-10)9-1-2-12-13-9/h1-2,4-6H,3H2,(H,11,14)(H,12,13). The average Bonchev–Trinajstić information content (AvgIpc) is 2.88. The Kier molecular flexibility index (Phi) is 1.85. The van der Waals surface area contributed by atoms with Gasteiger partial charge in [0.15, 0.2) is 0 Å². The molecule has 5 heteroatoms. The number of nitrogens with zero attached hydrogens (tertiary/aromatic N) is 1. The SMILES string of the molecule is O=C1NCC(c2ccn[nH]2)c2cscc21. The summed E-state index contributed by atoms with van der Waals surface area (Å²) in [6, 6.07) is 1.95. The highest BCUT2D eigenvalue weighted by Crippen LogP contribution is 2.31. The van der Waals surface area contributed by atoms with Crippen LogP contribution in [0.15, 0.2) is 23.0 Å². The van der Waals surface area contributed by atoms with Crippen molar-refractivity contribution in [1.29, 1.82) is 0 Å². The number of amides is 1. The van der Waals surface area contributed by atoms with E-state index >= 15 is 0 Å². The predicted molar refractivity (Wildman–Crippen MR) is 57.1 cm³/mol. The van der Waals surface area contributed by atoms with Crippen LogP contribution in [0.3, 0.4) is 0 Å². The van der Waals surface area contributed by atoms with Crippen LogP contribution in [0.5, 0.6) is 0 Å². The molecule has 3 rings (SSSR count). The number of fused-ring (bicyclic) bond motifs is 1. The van der Waals surface area contributed by atoms with Crippen LogP contribution in [-0.4, -0.2) is 22.6 Å². The van der Waals surface area contributed by atoms with E-state index in [1.54, 1.807) is 17.5 Å². The van der Waals surface area contributed by atoms with Crippen LogP contribution < -0.4 is 5.32 Å². The second-order valence-electron chi connectivity index (χ2n) is 3.52. The Morgan fingerprint density at radius 1 is 1.47 bits per heavy atom. The van der Waals surface area contributed by atoms with Crippen molar-refractivity contribution in [3.63, 3.8) is 0 Å². The number of hydrogen-bond acceptors (Lipinski definition) is 3. The van der Waals surface area contributed by atoms with E-state index in [1.165, 1.54) is 0 Å². The maximum absolute atomic E-state index is 11.5. The van der Waals surface area contributed by atoms with E-state index in [4.69, 9.17) is 0 Å². The summed E-state index contributed by atoms with van der Waals surface area (Å²) in [7, 11) is 0. The first kappa shape index (κ1) is 8.67. The zero-order valence-electron chi connectivity index (χ0n) is 7.86. The van der Waals surface area contributed by atoms with E-state index in [2.05, 4.69) is 15.5 Å². The van der Waals surface area contributed by atoms with Crippen LogP contribution in [0.1, 0.15) is 27.5 Å². The minimum absolute atomic E-state index is 0.0296. The summed E-state index contributed by atoms with van der Waals surface area (Å²) >= 11 is 1.57. The minimum Gasteiger partial charge on any atom is -0.351 e. The van der Waals surface area contributed by atoms with Gasteiger partial charge in [0.05, 0.1) is 5.56 Å². The molecule has 76 valence electrons. The van der Waals surface area contributed by atoms with E-state index in [1.807, 2.05) is 16.8 Å². The molecule has 0 bridgehead atoms. The lowest BCUT2D eigenvalue weighted by Gasteiger charge is -2.21. The molecule has 0 radical (unpaired) electrons. The number of aromatic amines is 1. The normalized spacial score (nSPS) is 19.7. The molecule has 2 N–H and O–H groups in total. The summed E-state index contributed by atoms with van der Waals surface area (Å²) in [6.07, 6.45) is 1.73. The molecule has 3 heterocycles. The molecule has 0 spiro atoms. The molecule has 0 aromatic carbocycles. The molecule has 4 nitrogen and oxygen atoms in total. The number of H-pyrrole nitrogens is 1. The molecular weight excluding hydrogens is 210 g/mol. The number of carbonyl (C=O) groups excluding carboxylic acids is 1. The zero-order valence-corrected chi connectivity index (χ0v) is 8.67. The van der Waals surface area contributed by atoms with E-state index in [0.717, 1.165) is 16.8 Å². The van der Waals surface area contributed by atoms with Crippen molar-refractivity contribution in [2.75, 3.05) is 6.54 Å². The Morgan fingerprint density at radius 2 is 2.40 bits per heavy atom. The van der Waals surface area contributed by atoms with Gasteiger partial charge in [-0.1, -0.05) is 0 Å². The van der Waals surface area contributed by atoms with Crippen molar-refractivity contribution in [1.82, 2.24) is 15.5 Å². The van der Waals surface area contributed by atoms with Crippen molar-refractivity contribution >= 4 is 17.2 Å². The number of hydrogen-bond donors (Lipinski definition) is 2. The molecule has 0 saturated heterocycles. The number of nitrogens with one attached hydrogen (secondary N) is 2. The smallest absolute Gasteiger partial charge is 0.252 e. The highest BCUT2D eigenvalue weighted by atomic mass is 32.1. The highest BCUT2D eigenvalue weighted by molar-refractivity contribution is 7.08. The lowest BCUT2D eigenvalue weighted by atomic mass is 9.91. The van der Waals surface area contributed by atoms with Crippen molar-refractivity contribution < 1.29 is 4.79 Å². The van der Waals surface area contributed by atoms with Crippen LogP contribution in [0.4, 0.5) is 0 Å². The fraction of sp³-hybridized carbons (Fsp3) is 0.200. The van der Waals surface area contributed by atoms with Gasteiger partial charge in [-0.15, -0.1) is 0 Å². The van der Waals surface area contributed by atoms with Crippen LogP contribution in [-0.2, 0) is 0 Å². The fourth-order valence-electron chi connectivity index (χ4n) is 1.90. The van der Waals surface area contributed by atoms with Gasteiger partial charge in [0.2, 0.25) is 0 Å². The summed E-state index contributed by atoms with van der Waals surface area (Å²) in [4.78, 5) is 11.5. The van der Waals surface area contributed by atoms with E-state index in [0.29, 0.717) is 6.54 Å². The van der Waals surface area contributed by atoms with Crippen LogP contribution in [0, 0.1) is 0 Å². The molecule has 0 saturated carbocycles. The molecule has 0 aliphatic carbocycles. The van der Waals surface area contributed by atoms with Crippen molar-refractivity contribution in [2.24, 2.45) is 0 Å². The minimum atomic E-state index is 0.0296. The first-order valence-electron chi connectivity index (χ1n) is 4.70. The van der Waals surface area contributed by atoms with E-state index in [9.17, 15) is 4.79 Å². The summed E-state index contributed by atoms with van der Waals surface area (Å²) in [6.45, 7) is 0.644. The summed E-state index contributed by atoms with van der Waals surface area (Å²) in [5.74, 6) is 0.244. The first-order chi connectivity index (χ1) is 7.36. The third-order valence-electron chi connectivity index (χ3n) is 2.68. The molecule has 1 aliphatic heterocycles. The Labute approximate surface area is 90.3 Å². The van der Waals surface area contributed by atoms with Gasteiger partial charge < -0.3 is 5.32 Å². The lowest BCUT2D eigenvalue weighted by molar-refractivity contribution is 0.0943. The summed E-state index contributed by atoms with van der Waals surface area (Å²) in [5.41, 5.74) is 2.95.